The van der Waals surface area contributed by atoms with E-state index in [1.807, 2.05) is 63.2 Å². The molecule has 2 aromatic rings. The van der Waals surface area contributed by atoms with E-state index in [0.29, 0.717) is 12.1 Å². The molecule has 2 aromatic carbocycles. The summed E-state index contributed by atoms with van der Waals surface area (Å²) in [5, 5.41) is 3.01. The van der Waals surface area contributed by atoms with Crippen LogP contribution in [0.2, 0.25) is 0 Å². The summed E-state index contributed by atoms with van der Waals surface area (Å²) in [4.78, 5) is 28.8. The van der Waals surface area contributed by atoms with Crippen molar-refractivity contribution in [2.75, 3.05) is 17.1 Å². The first-order chi connectivity index (χ1) is 20.0. The lowest BCUT2D eigenvalue weighted by Gasteiger charge is -2.57. The molecule has 0 heterocycles. The predicted molar refractivity (Wildman–Crippen MR) is 167 cm³/mol. The van der Waals surface area contributed by atoms with Crippen molar-refractivity contribution in [2.24, 2.45) is 17.8 Å². The maximum absolute atomic E-state index is 14.0. The molecule has 4 aliphatic rings. The monoisotopic (exact) mass is 593 g/mol. The first-order valence-corrected chi connectivity index (χ1v) is 17.6. The molecule has 0 spiro atoms. The first-order valence-electron chi connectivity index (χ1n) is 15.7. The third-order valence-corrected chi connectivity index (χ3v) is 11.2. The number of sulfonamides is 1. The zero-order valence-electron chi connectivity index (χ0n) is 25.6. The summed E-state index contributed by atoms with van der Waals surface area (Å²) in [6.45, 7) is 5.66. The molecule has 0 aliphatic heterocycles. The Labute approximate surface area is 252 Å². The number of benzene rings is 2. The predicted octanol–water partition coefficient (Wildman–Crippen LogP) is 5.64. The topological polar surface area (TPSA) is 86.8 Å². The minimum absolute atomic E-state index is 0.0276. The van der Waals surface area contributed by atoms with Crippen LogP contribution in [0.4, 0.5) is 5.69 Å². The van der Waals surface area contributed by atoms with Crippen LogP contribution in [0.15, 0.2) is 54.6 Å². The largest absolute Gasteiger partial charge is 0.352 e. The number of nitrogens with zero attached hydrogens (tertiary/aromatic N) is 2. The summed E-state index contributed by atoms with van der Waals surface area (Å²) in [5.41, 5.74) is 2.88. The molecule has 0 saturated heterocycles. The number of hydrogen-bond acceptors (Lipinski definition) is 4. The molecule has 0 unspecified atom stereocenters. The van der Waals surface area contributed by atoms with E-state index in [9.17, 15) is 18.0 Å². The SMILES string of the molecule is CC[C@@H](C)NC(=O)[C@H](CC)N(Cc1ccccc1)C(=O)CN(c1ccc(C23CC4CC(CC(C4)C2)C3)cc1)S(C)(=O)=O. The van der Waals surface area contributed by atoms with Crippen LogP contribution in [0.5, 0.6) is 0 Å². The van der Waals surface area contributed by atoms with Gasteiger partial charge in [-0.2, -0.15) is 0 Å². The average Bonchev–Trinajstić information content (AvgIpc) is 2.95. The van der Waals surface area contributed by atoms with E-state index in [-0.39, 0.29) is 30.5 Å². The quantitative estimate of drug-likeness (QED) is 0.345. The van der Waals surface area contributed by atoms with Crippen molar-refractivity contribution < 1.29 is 18.0 Å². The normalized spacial score (nSPS) is 26.0. The molecule has 4 bridgehead atoms. The number of carbonyl (C=O) groups is 2. The summed E-state index contributed by atoms with van der Waals surface area (Å²) in [6.07, 6.45) is 10.1. The van der Waals surface area contributed by atoms with Gasteiger partial charge in [-0.25, -0.2) is 8.42 Å². The third-order valence-electron chi connectivity index (χ3n) is 10.1. The fraction of sp³-hybridized carbons (Fsp3) is 0.588. The maximum Gasteiger partial charge on any atom is 0.244 e. The molecule has 42 heavy (non-hydrogen) atoms. The lowest BCUT2D eigenvalue weighted by molar-refractivity contribution is -0.140. The Bertz CT molecular complexity index is 1320. The van der Waals surface area contributed by atoms with Crippen molar-refractivity contribution in [3.8, 4) is 0 Å². The molecule has 0 radical (unpaired) electrons. The summed E-state index contributed by atoms with van der Waals surface area (Å²) in [5.74, 6) is 1.84. The summed E-state index contributed by atoms with van der Waals surface area (Å²) >= 11 is 0. The lowest BCUT2D eigenvalue weighted by atomic mass is 9.48. The van der Waals surface area contributed by atoms with Gasteiger partial charge in [0.2, 0.25) is 21.8 Å². The van der Waals surface area contributed by atoms with Crippen LogP contribution in [0.3, 0.4) is 0 Å². The fourth-order valence-electron chi connectivity index (χ4n) is 8.20. The van der Waals surface area contributed by atoms with Crippen molar-refractivity contribution in [3.63, 3.8) is 0 Å². The number of rotatable bonds is 12. The zero-order valence-corrected chi connectivity index (χ0v) is 26.4. The first kappa shape index (κ1) is 30.6. The number of carbonyl (C=O) groups excluding carboxylic acids is 2. The van der Waals surface area contributed by atoms with Crippen molar-refractivity contribution in [2.45, 2.75) is 96.2 Å². The van der Waals surface area contributed by atoms with Crippen molar-refractivity contribution >= 4 is 27.5 Å². The van der Waals surface area contributed by atoms with Gasteiger partial charge in [0.05, 0.1) is 11.9 Å². The maximum atomic E-state index is 14.0. The number of amides is 2. The minimum atomic E-state index is -3.77. The highest BCUT2D eigenvalue weighted by Gasteiger charge is 2.51. The van der Waals surface area contributed by atoms with E-state index in [1.165, 1.54) is 53.3 Å². The molecule has 8 heteroatoms. The molecule has 228 valence electrons. The second-order valence-electron chi connectivity index (χ2n) is 13.3. The van der Waals surface area contributed by atoms with Crippen LogP contribution in [0, 0.1) is 17.8 Å². The zero-order chi connectivity index (χ0) is 30.1. The Morgan fingerprint density at radius 3 is 1.98 bits per heavy atom. The van der Waals surface area contributed by atoms with Crippen LogP contribution < -0.4 is 9.62 Å². The van der Waals surface area contributed by atoms with Gasteiger partial charge in [-0.1, -0.05) is 56.3 Å². The number of nitrogens with one attached hydrogen (secondary N) is 1. The van der Waals surface area contributed by atoms with Gasteiger partial charge in [0.15, 0.2) is 0 Å². The molecule has 7 nitrogen and oxygen atoms in total. The van der Waals surface area contributed by atoms with Gasteiger partial charge in [0, 0.05) is 12.6 Å². The van der Waals surface area contributed by atoms with E-state index in [2.05, 4.69) is 17.4 Å². The molecular formula is C34H47N3O4S. The van der Waals surface area contributed by atoms with Crippen molar-refractivity contribution in [3.05, 3.63) is 65.7 Å². The summed E-state index contributed by atoms with van der Waals surface area (Å²) < 4.78 is 27.4. The Morgan fingerprint density at radius 1 is 0.905 bits per heavy atom. The van der Waals surface area contributed by atoms with Crippen LogP contribution in [0.1, 0.15) is 83.3 Å². The lowest BCUT2D eigenvalue weighted by Crippen LogP contribution is -2.53. The second-order valence-corrected chi connectivity index (χ2v) is 15.2. The van der Waals surface area contributed by atoms with E-state index in [1.54, 1.807) is 0 Å². The van der Waals surface area contributed by atoms with Crippen LogP contribution in [-0.2, 0) is 31.6 Å². The Morgan fingerprint density at radius 2 is 1.48 bits per heavy atom. The summed E-state index contributed by atoms with van der Waals surface area (Å²) in [7, 11) is -3.77. The molecule has 1 N–H and O–H groups in total. The van der Waals surface area contributed by atoms with Crippen LogP contribution >= 0.6 is 0 Å². The standard InChI is InChI=1S/C34H47N3O4S/c1-5-24(3)35-33(39)31(6-2)36(22-25-10-8-7-9-11-25)32(38)23-37(42(4,40)41)30-14-12-29(13-15-30)34-19-26-16-27(20-34)18-28(17-26)21-34/h7-15,24,26-28,31H,5-6,16-23H2,1-4H3,(H,35,39)/t24-,26?,27?,28?,31+,34?/m1/s1. The smallest absolute Gasteiger partial charge is 0.244 e. The second kappa shape index (κ2) is 12.4. The van der Waals surface area contributed by atoms with E-state index in [4.69, 9.17) is 0 Å². The van der Waals surface area contributed by atoms with Gasteiger partial charge in [-0.3, -0.25) is 13.9 Å². The Kier molecular flexibility index (Phi) is 9.02. The highest BCUT2D eigenvalue weighted by Crippen LogP contribution is 2.60. The highest BCUT2D eigenvalue weighted by atomic mass is 32.2. The number of anilines is 1. The fourth-order valence-corrected chi connectivity index (χ4v) is 9.05. The molecule has 4 fully saturated rings. The van der Waals surface area contributed by atoms with E-state index in [0.717, 1.165) is 36.0 Å². The van der Waals surface area contributed by atoms with E-state index >= 15 is 0 Å². The third kappa shape index (κ3) is 6.53. The Hall–Kier alpha value is -2.87. The summed E-state index contributed by atoms with van der Waals surface area (Å²) in [6, 6.07) is 16.7. The van der Waals surface area contributed by atoms with Crippen LogP contribution in [-0.4, -0.2) is 50.0 Å². The van der Waals surface area contributed by atoms with Gasteiger partial charge < -0.3 is 10.2 Å². The molecule has 4 saturated carbocycles. The Balaban J connectivity index is 1.39. The van der Waals surface area contributed by atoms with Crippen LogP contribution in [0.25, 0.3) is 0 Å². The number of hydrogen-bond donors (Lipinski definition) is 1. The van der Waals surface area contributed by atoms with E-state index < -0.39 is 22.0 Å². The van der Waals surface area contributed by atoms with Crippen molar-refractivity contribution in [1.82, 2.24) is 10.2 Å². The van der Waals surface area contributed by atoms with Crippen molar-refractivity contribution in [1.29, 1.82) is 0 Å². The van der Waals surface area contributed by atoms with Gasteiger partial charge in [0.1, 0.15) is 12.6 Å². The highest BCUT2D eigenvalue weighted by molar-refractivity contribution is 7.92. The van der Waals surface area contributed by atoms with Gasteiger partial charge in [0.25, 0.3) is 0 Å². The van der Waals surface area contributed by atoms with Gasteiger partial charge >= 0.3 is 0 Å². The average molecular weight is 594 g/mol. The molecule has 6 rings (SSSR count). The minimum Gasteiger partial charge on any atom is -0.352 e. The molecule has 2 amide bonds. The molecule has 2 atom stereocenters. The molecule has 4 aliphatic carbocycles. The molecule has 0 aromatic heterocycles. The van der Waals surface area contributed by atoms with Gasteiger partial charge in [-0.05, 0) is 105 Å². The molecular weight excluding hydrogens is 546 g/mol. The van der Waals surface area contributed by atoms with Gasteiger partial charge in [-0.15, -0.1) is 0 Å².